The van der Waals surface area contributed by atoms with Crippen molar-refractivity contribution in [2.45, 2.75) is 18.9 Å². The summed E-state index contributed by atoms with van der Waals surface area (Å²) in [4.78, 5) is 21.7. The van der Waals surface area contributed by atoms with Gasteiger partial charge in [-0.15, -0.1) is 0 Å². The van der Waals surface area contributed by atoms with Gasteiger partial charge in [-0.25, -0.2) is 13.6 Å². The van der Waals surface area contributed by atoms with Gasteiger partial charge in [0, 0.05) is 18.5 Å². The number of carbonyl (C=O) groups excluding carboxylic acids is 1. The van der Waals surface area contributed by atoms with Crippen molar-refractivity contribution < 1.29 is 28.6 Å². The highest BCUT2D eigenvalue weighted by atomic mass is 19.2. The van der Waals surface area contributed by atoms with Crippen LogP contribution in [0.15, 0.2) is 18.2 Å². The maximum atomic E-state index is 13.2. The SMILES string of the molecule is O=C(Cc1cccc(F)c1F)NCCC(O)C(=O)O. The molecule has 0 saturated heterocycles. The molecule has 0 heterocycles. The number of benzene rings is 1. The fourth-order valence-corrected chi connectivity index (χ4v) is 1.39. The van der Waals surface area contributed by atoms with Gasteiger partial charge in [0.2, 0.25) is 5.91 Å². The Morgan fingerprint density at radius 3 is 2.63 bits per heavy atom. The topological polar surface area (TPSA) is 86.6 Å². The number of aliphatic carboxylic acids is 1. The van der Waals surface area contributed by atoms with Gasteiger partial charge in [0.1, 0.15) is 0 Å². The molecule has 5 nitrogen and oxygen atoms in total. The molecule has 0 spiro atoms. The summed E-state index contributed by atoms with van der Waals surface area (Å²) < 4.78 is 26.1. The van der Waals surface area contributed by atoms with Crippen molar-refractivity contribution in [2.24, 2.45) is 0 Å². The van der Waals surface area contributed by atoms with Crippen LogP contribution in [0.5, 0.6) is 0 Å². The lowest BCUT2D eigenvalue weighted by Crippen LogP contribution is -2.31. The summed E-state index contributed by atoms with van der Waals surface area (Å²) in [7, 11) is 0. The molecule has 0 fully saturated rings. The fourth-order valence-electron chi connectivity index (χ4n) is 1.39. The monoisotopic (exact) mass is 273 g/mol. The zero-order valence-corrected chi connectivity index (χ0v) is 9.90. The predicted octanol–water partition coefficient (Wildman–Crippen LogP) is 0.459. The highest BCUT2D eigenvalue weighted by Crippen LogP contribution is 2.11. The molecule has 1 aromatic rings. The number of carbonyl (C=O) groups is 2. The van der Waals surface area contributed by atoms with Crippen LogP contribution in [0.25, 0.3) is 0 Å². The molecule has 19 heavy (non-hydrogen) atoms. The molecule has 1 atom stereocenters. The van der Waals surface area contributed by atoms with E-state index in [1.165, 1.54) is 12.1 Å². The van der Waals surface area contributed by atoms with E-state index in [4.69, 9.17) is 10.2 Å². The van der Waals surface area contributed by atoms with Crippen LogP contribution in [0.2, 0.25) is 0 Å². The third-order valence-corrected chi connectivity index (χ3v) is 2.41. The first kappa shape index (κ1) is 15.0. The van der Waals surface area contributed by atoms with E-state index in [0.717, 1.165) is 6.07 Å². The molecule has 1 aromatic carbocycles. The van der Waals surface area contributed by atoms with Gasteiger partial charge in [0.25, 0.3) is 0 Å². The summed E-state index contributed by atoms with van der Waals surface area (Å²) >= 11 is 0. The van der Waals surface area contributed by atoms with Crippen molar-refractivity contribution in [1.82, 2.24) is 5.32 Å². The van der Waals surface area contributed by atoms with Gasteiger partial charge >= 0.3 is 5.97 Å². The summed E-state index contributed by atoms with van der Waals surface area (Å²) in [6, 6.07) is 3.51. The molecule has 3 N–H and O–H groups in total. The molecule has 0 aliphatic rings. The number of carboxylic acid groups (broad SMARTS) is 1. The fraction of sp³-hybridized carbons (Fsp3) is 0.333. The molecule has 0 aliphatic heterocycles. The van der Waals surface area contributed by atoms with Crippen molar-refractivity contribution >= 4 is 11.9 Å². The second kappa shape index (κ2) is 6.79. The zero-order valence-electron chi connectivity index (χ0n) is 9.90. The quantitative estimate of drug-likeness (QED) is 0.702. The van der Waals surface area contributed by atoms with Gasteiger partial charge in [-0.3, -0.25) is 4.79 Å². The number of rotatable bonds is 6. The second-order valence-electron chi connectivity index (χ2n) is 3.88. The lowest BCUT2D eigenvalue weighted by atomic mass is 10.1. The Hall–Kier alpha value is -2.02. The number of hydrogen-bond donors (Lipinski definition) is 3. The highest BCUT2D eigenvalue weighted by Gasteiger charge is 2.14. The number of hydrogen-bond acceptors (Lipinski definition) is 3. The van der Waals surface area contributed by atoms with Crippen LogP contribution >= 0.6 is 0 Å². The van der Waals surface area contributed by atoms with E-state index >= 15 is 0 Å². The van der Waals surface area contributed by atoms with E-state index in [9.17, 15) is 18.4 Å². The number of amides is 1. The summed E-state index contributed by atoms with van der Waals surface area (Å²) in [5, 5.41) is 19.7. The minimum absolute atomic E-state index is 0.0662. The van der Waals surface area contributed by atoms with E-state index in [0.29, 0.717) is 0 Å². The lowest BCUT2D eigenvalue weighted by molar-refractivity contribution is -0.147. The second-order valence-corrected chi connectivity index (χ2v) is 3.88. The summed E-state index contributed by atoms with van der Waals surface area (Å²) in [5.74, 6) is -4.08. The third kappa shape index (κ3) is 4.63. The molecule has 0 saturated carbocycles. The van der Waals surface area contributed by atoms with Gasteiger partial charge in [-0.2, -0.15) is 0 Å². The average Bonchev–Trinajstić information content (AvgIpc) is 2.34. The van der Waals surface area contributed by atoms with Crippen molar-refractivity contribution in [1.29, 1.82) is 0 Å². The molecule has 7 heteroatoms. The van der Waals surface area contributed by atoms with Crippen LogP contribution in [0.3, 0.4) is 0 Å². The molecule has 104 valence electrons. The molecule has 1 unspecified atom stereocenters. The Morgan fingerprint density at radius 1 is 1.32 bits per heavy atom. The van der Waals surface area contributed by atoms with E-state index in [1.54, 1.807) is 0 Å². The molecular formula is C12H13F2NO4. The summed E-state index contributed by atoms with van der Waals surface area (Å²) in [5.41, 5.74) is -0.0868. The number of carboxylic acids is 1. The first-order valence-corrected chi connectivity index (χ1v) is 5.52. The first-order chi connectivity index (χ1) is 8.91. The summed E-state index contributed by atoms with van der Waals surface area (Å²) in [6.07, 6.45) is -2.08. The lowest BCUT2D eigenvalue weighted by Gasteiger charge is -2.08. The minimum atomic E-state index is -1.56. The number of halogens is 2. The van der Waals surface area contributed by atoms with Crippen molar-refractivity contribution in [3.05, 3.63) is 35.4 Å². The van der Waals surface area contributed by atoms with Gasteiger partial charge in [0.05, 0.1) is 6.42 Å². The molecule has 0 radical (unpaired) electrons. The van der Waals surface area contributed by atoms with Crippen molar-refractivity contribution in [3.8, 4) is 0 Å². The number of aliphatic hydroxyl groups excluding tert-OH is 1. The van der Waals surface area contributed by atoms with Crippen LogP contribution in [0, 0.1) is 11.6 Å². The van der Waals surface area contributed by atoms with Crippen molar-refractivity contribution in [3.63, 3.8) is 0 Å². The zero-order chi connectivity index (χ0) is 14.4. The first-order valence-electron chi connectivity index (χ1n) is 5.52. The van der Waals surface area contributed by atoms with Gasteiger partial charge in [-0.05, 0) is 6.07 Å². The van der Waals surface area contributed by atoms with E-state index < -0.39 is 29.6 Å². The Balaban J connectivity index is 2.43. The van der Waals surface area contributed by atoms with E-state index in [1.807, 2.05) is 0 Å². The van der Waals surface area contributed by atoms with Crippen LogP contribution in [0.1, 0.15) is 12.0 Å². The van der Waals surface area contributed by atoms with E-state index in [2.05, 4.69) is 5.32 Å². The molecule has 0 aliphatic carbocycles. The average molecular weight is 273 g/mol. The van der Waals surface area contributed by atoms with Gasteiger partial charge in [-0.1, -0.05) is 12.1 Å². The molecule has 0 aromatic heterocycles. The maximum Gasteiger partial charge on any atom is 0.332 e. The van der Waals surface area contributed by atoms with Gasteiger partial charge in [0.15, 0.2) is 17.7 Å². The molecule has 1 rings (SSSR count). The molecule has 1 amide bonds. The predicted molar refractivity (Wildman–Crippen MR) is 61.3 cm³/mol. The number of nitrogens with one attached hydrogen (secondary N) is 1. The minimum Gasteiger partial charge on any atom is -0.479 e. The normalized spacial score (nSPS) is 11.9. The Bertz CT molecular complexity index is 479. The van der Waals surface area contributed by atoms with Crippen LogP contribution in [-0.4, -0.2) is 34.7 Å². The number of aliphatic hydroxyl groups is 1. The van der Waals surface area contributed by atoms with Crippen molar-refractivity contribution in [2.75, 3.05) is 6.54 Å². The van der Waals surface area contributed by atoms with E-state index in [-0.39, 0.29) is 24.9 Å². The van der Waals surface area contributed by atoms with Crippen LogP contribution in [0.4, 0.5) is 8.78 Å². The molecular weight excluding hydrogens is 260 g/mol. The van der Waals surface area contributed by atoms with Gasteiger partial charge < -0.3 is 15.5 Å². The van der Waals surface area contributed by atoms with Crippen LogP contribution in [-0.2, 0) is 16.0 Å². The highest BCUT2D eigenvalue weighted by molar-refractivity contribution is 5.78. The Labute approximate surface area is 107 Å². The molecule has 0 bridgehead atoms. The summed E-state index contributed by atoms with van der Waals surface area (Å²) in [6.45, 7) is -0.0662. The smallest absolute Gasteiger partial charge is 0.332 e. The third-order valence-electron chi connectivity index (χ3n) is 2.41. The Kier molecular flexibility index (Phi) is 5.37. The standard InChI is InChI=1S/C12H13F2NO4/c13-8-3-1-2-7(11(8)14)6-10(17)15-5-4-9(16)12(18)19/h1-3,9,16H,4-6H2,(H,15,17)(H,18,19). The largest absolute Gasteiger partial charge is 0.479 e. The maximum absolute atomic E-state index is 13.2. The Morgan fingerprint density at radius 2 is 2.00 bits per heavy atom. The van der Waals surface area contributed by atoms with Crippen LogP contribution < -0.4 is 5.32 Å².